The molecule has 15 heteroatoms. The van der Waals surface area contributed by atoms with Gasteiger partial charge >= 0.3 is 0 Å². The molecule has 0 saturated carbocycles. The molecular formula is C43H55FN6O8. The molecule has 0 spiro atoms. The number of carbonyl (C=O) groups is 6. The second-order valence-corrected chi connectivity index (χ2v) is 15.2. The summed E-state index contributed by atoms with van der Waals surface area (Å²) < 4.78 is 19.3. The van der Waals surface area contributed by atoms with Crippen molar-refractivity contribution in [2.45, 2.75) is 96.6 Å². The highest BCUT2D eigenvalue weighted by atomic mass is 19.1. The van der Waals surface area contributed by atoms with Gasteiger partial charge in [0.15, 0.2) is 6.10 Å². The number of amides is 6. The van der Waals surface area contributed by atoms with Crippen molar-refractivity contribution in [1.82, 2.24) is 31.9 Å². The molecule has 5 rings (SSSR count). The van der Waals surface area contributed by atoms with Gasteiger partial charge in [0.25, 0.3) is 5.91 Å². The van der Waals surface area contributed by atoms with E-state index in [9.17, 15) is 38.3 Å². The second-order valence-electron chi connectivity index (χ2n) is 15.2. The topological polar surface area (TPSA) is 204 Å². The van der Waals surface area contributed by atoms with Crippen molar-refractivity contribution < 1.29 is 43.0 Å². The van der Waals surface area contributed by atoms with Crippen molar-refractivity contribution in [3.05, 3.63) is 101 Å². The Balaban J connectivity index is 1.58. The van der Waals surface area contributed by atoms with Gasteiger partial charge in [0.1, 0.15) is 35.7 Å². The number of carbonyl (C=O) groups excluding carboxylic acids is 6. The zero-order valence-corrected chi connectivity index (χ0v) is 33.5. The first-order chi connectivity index (χ1) is 27.6. The molecule has 14 nitrogen and oxygen atoms in total. The van der Waals surface area contributed by atoms with E-state index in [2.05, 4.69) is 31.9 Å². The molecule has 0 aromatic heterocycles. The van der Waals surface area contributed by atoms with Gasteiger partial charge < -0.3 is 41.7 Å². The van der Waals surface area contributed by atoms with Gasteiger partial charge in [-0.25, -0.2) is 4.39 Å². The third kappa shape index (κ3) is 13.7. The minimum Gasteiger partial charge on any atom is -0.494 e. The van der Waals surface area contributed by atoms with Crippen LogP contribution in [0.5, 0.6) is 5.75 Å². The summed E-state index contributed by atoms with van der Waals surface area (Å²) in [4.78, 5) is 80.6. The van der Waals surface area contributed by atoms with Gasteiger partial charge in [-0.3, -0.25) is 28.8 Å². The lowest BCUT2D eigenvalue weighted by Crippen LogP contribution is -2.61. The molecule has 0 saturated heterocycles. The van der Waals surface area contributed by atoms with Crippen LogP contribution in [0.4, 0.5) is 4.39 Å². The fraction of sp³-hybridized carbons (Fsp3) is 0.442. The molecule has 2 bridgehead atoms. The minimum atomic E-state index is -1.89. The normalized spacial score (nSPS) is 18.2. The fourth-order valence-electron chi connectivity index (χ4n) is 6.46. The first kappa shape index (κ1) is 44.9. The summed E-state index contributed by atoms with van der Waals surface area (Å²) in [5.74, 6) is -4.52. The number of aliphatic hydroxyl groups is 1. The number of fused-ring (bicyclic) bond motifs is 12. The van der Waals surface area contributed by atoms with Crippen LogP contribution in [0.25, 0.3) is 0 Å². The number of ether oxygens (including phenoxy) is 1. The first-order valence-corrected chi connectivity index (χ1v) is 19.6. The van der Waals surface area contributed by atoms with Gasteiger partial charge in [-0.15, -0.1) is 0 Å². The van der Waals surface area contributed by atoms with E-state index < -0.39 is 77.6 Å². The lowest BCUT2D eigenvalue weighted by atomic mass is 9.97. The van der Waals surface area contributed by atoms with E-state index in [0.717, 1.165) is 0 Å². The van der Waals surface area contributed by atoms with E-state index in [1.54, 1.807) is 82.3 Å². The Morgan fingerprint density at radius 2 is 1.47 bits per heavy atom. The number of hydrogen-bond acceptors (Lipinski definition) is 8. The third-order valence-electron chi connectivity index (χ3n) is 9.70. The molecule has 0 unspecified atom stereocenters. The Hall–Kier alpha value is -5.83. The molecule has 7 N–H and O–H groups in total. The molecule has 2 aliphatic rings. The Morgan fingerprint density at radius 3 is 2.09 bits per heavy atom. The highest BCUT2D eigenvalue weighted by Gasteiger charge is 2.36. The number of benzene rings is 3. The summed E-state index contributed by atoms with van der Waals surface area (Å²) in [5, 5.41) is 28.0. The number of halogens is 1. The SMILES string of the molecule is CC(=O)N[C@@H](Cc1ccc(F)cc1)C(=O)N[C@H](C(=O)N[C@@H](Cc1ccccc1)[C@@H](O)C(=O)N[C@H]1Cc2ccc(cc2)OCCCNC(=O)[C@H](C(C)C)NC1=O)C(C)C. The highest BCUT2D eigenvalue weighted by molar-refractivity contribution is 5.94. The molecule has 3 aromatic carbocycles. The number of aliphatic hydroxyl groups excluding tert-OH is 1. The van der Waals surface area contributed by atoms with Crippen molar-refractivity contribution in [3.63, 3.8) is 0 Å². The van der Waals surface area contributed by atoms with Crippen molar-refractivity contribution in [1.29, 1.82) is 0 Å². The molecule has 0 radical (unpaired) electrons. The zero-order chi connectivity index (χ0) is 42.4. The maximum atomic E-state index is 14.0. The van der Waals surface area contributed by atoms with E-state index in [1.165, 1.54) is 31.2 Å². The monoisotopic (exact) mass is 802 g/mol. The Morgan fingerprint density at radius 1 is 0.810 bits per heavy atom. The minimum absolute atomic E-state index is 0.00155. The largest absolute Gasteiger partial charge is 0.494 e. The number of nitrogens with one attached hydrogen (secondary N) is 6. The highest BCUT2D eigenvalue weighted by Crippen LogP contribution is 2.16. The quantitative estimate of drug-likeness (QED) is 0.128. The average molecular weight is 803 g/mol. The van der Waals surface area contributed by atoms with Crippen LogP contribution in [0.15, 0.2) is 78.9 Å². The molecule has 312 valence electrons. The molecule has 0 fully saturated rings. The van der Waals surface area contributed by atoms with E-state index in [0.29, 0.717) is 42.0 Å². The molecule has 2 heterocycles. The Bertz CT molecular complexity index is 1860. The van der Waals surface area contributed by atoms with Gasteiger partial charge in [-0.05, 0) is 65.6 Å². The first-order valence-electron chi connectivity index (χ1n) is 19.6. The van der Waals surface area contributed by atoms with Crippen LogP contribution in [-0.2, 0) is 48.0 Å². The van der Waals surface area contributed by atoms with Gasteiger partial charge in [-0.1, -0.05) is 82.3 Å². The third-order valence-corrected chi connectivity index (χ3v) is 9.70. The summed E-state index contributed by atoms with van der Waals surface area (Å²) >= 11 is 0. The van der Waals surface area contributed by atoms with Crippen molar-refractivity contribution in [2.24, 2.45) is 11.8 Å². The maximum absolute atomic E-state index is 14.0. The fourth-order valence-corrected chi connectivity index (χ4v) is 6.46. The summed E-state index contributed by atoms with van der Waals surface area (Å²) in [7, 11) is 0. The molecule has 3 aromatic rings. The predicted octanol–water partition coefficient (Wildman–Crippen LogP) is 1.87. The summed E-state index contributed by atoms with van der Waals surface area (Å²) in [6.45, 7) is 8.91. The van der Waals surface area contributed by atoms with Crippen LogP contribution >= 0.6 is 0 Å². The standard InChI is InChI=1S/C43H55FN6O8/c1-25(2)36-41(55)45-20-9-21-58-32-18-14-30(15-19-32)24-35(40(54)49-36)48-43(57)38(52)33(22-28-10-7-6-8-11-28)47-42(56)37(26(3)4)50-39(53)34(46-27(5)51)23-29-12-16-31(44)17-13-29/h6-8,10-19,25-26,33-38,52H,9,20-24H2,1-5H3,(H,45,55)(H,46,51)(H,47,56)(H,48,57)(H,49,54)(H,50,53)/t33-,34-,35-,36-,37-,38+/m0/s1. The van der Waals surface area contributed by atoms with Crippen molar-refractivity contribution >= 4 is 35.4 Å². The van der Waals surface area contributed by atoms with E-state index in [1.807, 2.05) is 0 Å². The van der Waals surface area contributed by atoms with Crippen LogP contribution in [0.3, 0.4) is 0 Å². The average Bonchev–Trinajstić information content (AvgIpc) is 3.19. The predicted molar refractivity (Wildman–Crippen MR) is 215 cm³/mol. The number of hydrogen-bond donors (Lipinski definition) is 7. The summed E-state index contributed by atoms with van der Waals surface area (Å²) in [6, 6.07) is 15.6. The van der Waals surface area contributed by atoms with Crippen LogP contribution in [0, 0.1) is 17.7 Å². The van der Waals surface area contributed by atoms with Crippen molar-refractivity contribution in [3.8, 4) is 5.75 Å². The molecular weight excluding hydrogens is 748 g/mol. The summed E-state index contributed by atoms with van der Waals surface area (Å²) in [6.07, 6.45) is -1.33. The zero-order valence-electron chi connectivity index (χ0n) is 33.5. The van der Waals surface area contributed by atoms with Crippen LogP contribution in [0.2, 0.25) is 0 Å². The molecule has 6 atom stereocenters. The smallest absolute Gasteiger partial charge is 0.251 e. The lowest BCUT2D eigenvalue weighted by molar-refractivity contribution is -0.137. The Labute approximate surface area is 338 Å². The lowest BCUT2D eigenvalue weighted by Gasteiger charge is -2.30. The molecule has 6 amide bonds. The Kier molecular flexibility index (Phi) is 16.7. The summed E-state index contributed by atoms with van der Waals surface area (Å²) in [5.41, 5.74) is 1.92. The van der Waals surface area contributed by atoms with Crippen molar-refractivity contribution in [2.75, 3.05) is 13.2 Å². The van der Waals surface area contributed by atoms with Crippen LogP contribution < -0.4 is 36.6 Å². The molecule has 2 aliphatic heterocycles. The maximum Gasteiger partial charge on any atom is 0.251 e. The van der Waals surface area contributed by atoms with E-state index in [-0.39, 0.29) is 31.1 Å². The van der Waals surface area contributed by atoms with Crippen LogP contribution in [0.1, 0.15) is 57.7 Å². The van der Waals surface area contributed by atoms with E-state index >= 15 is 0 Å². The molecule has 58 heavy (non-hydrogen) atoms. The second kappa shape index (κ2) is 21.6. The molecule has 0 aliphatic carbocycles. The van der Waals surface area contributed by atoms with Gasteiger partial charge in [0.05, 0.1) is 12.6 Å². The van der Waals surface area contributed by atoms with Gasteiger partial charge in [0, 0.05) is 26.3 Å². The van der Waals surface area contributed by atoms with Gasteiger partial charge in [0.2, 0.25) is 29.5 Å². The van der Waals surface area contributed by atoms with Gasteiger partial charge in [-0.2, -0.15) is 0 Å². The van der Waals surface area contributed by atoms with Crippen LogP contribution in [-0.4, -0.2) is 90.0 Å². The number of rotatable bonds is 14. The van der Waals surface area contributed by atoms with E-state index in [4.69, 9.17) is 4.74 Å².